The van der Waals surface area contributed by atoms with E-state index >= 15 is 4.39 Å². The number of hydrogen-bond acceptors (Lipinski definition) is 5. The van der Waals surface area contributed by atoms with Gasteiger partial charge in [-0.2, -0.15) is 31.3 Å². The first-order valence-electron chi connectivity index (χ1n) is 10.9. The Balaban J connectivity index is 1.66. The van der Waals surface area contributed by atoms with Crippen LogP contribution in [0.15, 0.2) is 47.0 Å². The Morgan fingerprint density at radius 3 is 2.32 bits per heavy atom. The smallest absolute Gasteiger partial charge is 0.329 e. The Labute approximate surface area is 207 Å². The van der Waals surface area contributed by atoms with Gasteiger partial charge in [0.15, 0.2) is 0 Å². The molecule has 0 bridgehead atoms. The second kappa shape index (κ2) is 10.2. The third-order valence-corrected chi connectivity index (χ3v) is 7.18. The van der Waals surface area contributed by atoms with Crippen molar-refractivity contribution >= 4 is 22.4 Å². The minimum absolute atomic E-state index is 0.103. The number of nitrogens with zero attached hydrogens (tertiary/aromatic N) is 3. The van der Waals surface area contributed by atoms with Crippen LogP contribution in [0.2, 0.25) is 0 Å². The van der Waals surface area contributed by atoms with Crippen molar-refractivity contribution in [2.24, 2.45) is 5.92 Å². The number of aromatic nitrogens is 2. The average Bonchev–Trinajstić information content (AvgIpc) is 3.34. The lowest BCUT2D eigenvalue weighted by Gasteiger charge is -2.30. The van der Waals surface area contributed by atoms with Crippen molar-refractivity contribution in [2.45, 2.75) is 31.7 Å². The highest BCUT2D eigenvalue weighted by molar-refractivity contribution is 7.85. The van der Waals surface area contributed by atoms with Gasteiger partial charge in [0.2, 0.25) is 11.7 Å². The summed E-state index contributed by atoms with van der Waals surface area (Å²) < 4.78 is 109. The molecule has 3 aromatic rings. The Morgan fingerprint density at radius 1 is 1.03 bits per heavy atom. The monoisotopic (exact) mass is 549 g/mol. The van der Waals surface area contributed by atoms with Gasteiger partial charge in [0.25, 0.3) is 0 Å². The number of carbonyl (C=O) groups is 1. The minimum atomic E-state index is -4.89. The van der Waals surface area contributed by atoms with Crippen molar-refractivity contribution in [3.8, 4) is 11.4 Å². The predicted octanol–water partition coefficient (Wildman–Crippen LogP) is 5.61. The number of carbonyl (C=O) groups excluding carboxylic acids is 1. The summed E-state index contributed by atoms with van der Waals surface area (Å²) in [5, 5.41) is 3.19. The Bertz CT molecular complexity index is 1310. The van der Waals surface area contributed by atoms with E-state index in [9.17, 15) is 35.3 Å². The van der Waals surface area contributed by atoms with Gasteiger partial charge in [0.1, 0.15) is 5.82 Å². The first-order valence-corrected chi connectivity index (χ1v) is 12.3. The fraction of sp³-hybridized carbons (Fsp3) is 0.348. The van der Waals surface area contributed by atoms with E-state index in [1.54, 1.807) is 0 Å². The molecule has 0 N–H and O–H groups in total. The van der Waals surface area contributed by atoms with Gasteiger partial charge in [-0.05, 0) is 37.1 Å². The maximum atomic E-state index is 15.0. The van der Waals surface area contributed by atoms with E-state index in [2.05, 4.69) is 14.7 Å². The fourth-order valence-electron chi connectivity index (χ4n) is 3.85. The predicted molar refractivity (Wildman–Crippen MR) is 118 cm³/mol. The molecule has 1 aromatic heterocycles. The standard InChI is InChI=1S/C23H18F7N3O3S/c24-18-10-14(19-31-21(36-32-19)23(28,29)30)4-5-15(18)12-33(20(34)13-6-8-37(35)9-7-13)17-3-1-2-16(11-17)22(25,26)27/h1-5,10-11,13H,6-9,12H2. The summed E-state index contributed by atoms with van der Waals surface area (Å²) in [4.78, 5) is 17.6. The summed E-state index contributed by atoms with van der Waals surface area (Å²) >= 11 is 0. The fourth-order valence-corrected chi connectivity index (χ4v) is 5.15. The van der Waals surface area contributed by atoms with Gasteiger partial charge in [-0.15, -0.1) is 0 Å². The summed E-state index contributed by atoms with van der Waals surface area (Å²) in [6.07, 6.45) is -9.04. The van der Waals surface area contributed by atoms with Crippen LogP contribution < -0.4 is 4.90 Å². The topological polar surface area (TPSA) is 76.3 Å². The van der Waals surface area contributed by atoms with E-state index in [0.29, 0.717) is 0 Å². The summed E-state index contributed by atoms with van der Waals surface area (Å²) in [7, 11) is -1.09. The summed E-state index contributed by atoms with van der Waals surface area (Å²) in [6.45, 7) is -0.452. The first-order chi connectivity index (χ1) is 17.3. The second-order valence-electron chi connectivity index (χ2n) is 8.32. The van der Waals surface area contributed by atoms with E-state index in [0.717, 1.165) is 29.2 Å². The molecule has 1 saturated heterocycles. The molecular formula is C23H18F7N3O3S. The van der Waals surface area contributed by atoms with Gasteiger partial charge in [0.05, 0.1) is 12.1 Å². The molecule has 0 spiro atoms. The lowest BCUT2D eigenvalue weighted by atomic mass is 9.99. The van der Waals surface area contributed by atoms with E-state index in [1.807, 2.05) is 0 Å². The molecular weight excluding hydrogens is 531 g/mol. The molecule has 0 saturated carbocycles. The lowest BCUT2D eigenvalue weighted by Crippen LogP contribution is -2.39. The van der Waals surface area contributed by atoms with Crippen molar-refractivity contribution in [2.75, 3.05) is 16.4 Å². The number of hydrogen-bond donors (Lipinski definition) is 0. The van der Waals surface area contributed by atoms with Crippen molar-refractivity contribution in [3.63, 3.8) is 0 Å². The minimum Gasteiger partial charge on any atom is -0.329 e. The quantitative estimate of drug-likeness (QED) is 0.387. The normalized spacial score (nSPS) is 18.6. The molecule has 1 aliphatic heterocycles. The summed E-state index contributed by atoms with van der Waals surface area (Å²) in [6, 6.07) is 7.27. The number of alkyl halides is 6. The summed E-state index contributed by atoms with van der Waals surface area (Å²) in [5.41, 5.74) is -1.34. The molecule has 0 radical (unpaired) electrons. The maximum Gasteiger partial charge on any atom is 0.471 e. The maximum absolute atomic E-state index is 15.0. The highest BCUT2D eigenvalue weighted by atomic mass is 32.2. The van der Waals surface area contributed by atoms with E-state index < -0.39 is 64.6 Å². The van der Waals surface area contributed by atoms with Crippen molar-refractivity contribution < 1.29 is 44.3 Å². The second-order valence-corrected chi connectivity index (χ2v) is 10.0. The van der Waals surface area contributed by atoms with Crippen LogP contribution in [-0.2, 0) is 34.5 Å². The van der Waals surface area contributed by atoms with Crippen LogP contribution in [0.4, 0.5) is 36.4 Å². The molecule has 6 nitrogen and oxygen atoms in total. The van der Waals surface area contributed by atoms with Crippen LogP contribution in [0, 0.1) is 11.7 Å². The zero-order valence-corrected chi connectivity index (χ0v) is 19.6. The van der Waals surface area contributed by atoms with Crippen molar-refractivity contribution in [3.05, 3.63) is 65.3 Å². The molecule has 1 amide bonds. The number of rotatable bonds is 5. The molecule has 1 fully saturated rings. The molecule has 0 unspecified atom stereocenters. The highest BCUT2D eigenvalue weighted by Gasteiger charge is 2.38. The van der Waals surface area contributed by atoms with E-state index in [4.69, 9.17) is 0 Å². The molecule has 198 valence electrons. The molecule has 37 heavy (non-hydrogen) atoms. The van der Waals surface area contributed by atoms with Crippen LogP contribution in [0.1, 0.15) is 29.9 Å². The van der Waals surface area contributed by atoms with Gasteiger partial charge in [-0.1, -0.05) is 23.4 Å². The van der Waals surface area contributed by atoms with E-state index in [-0.39, 0.29) is 41.2 Å². The van der Waals surface area contributed by atoms with Crippen LogP contribution in [-0.4, -0.2) is 31.8 Å². The molecule has 2 heterocycles. The van der Waals surface area contributed by atoms with Gasteiger partial charge in [0, 0.05) is 45.0 Å². The zero-order valence-electron chi connectivity index (χ0n) is 18.8. The molecule has 0 aliphatic carbocycles. The Hall–Kier alpha value is -3.29. The number of benzene rings is 2. The SMILES string of the molecule is O=C(C1CCS(=O)CC1)N(Cc1ccc(-c2noc(C(F)(F)F)n2)cc1F)c1cccc(C(F)(F)F)c1. The number of anilines is 1. The average molecular weight is 549 g/mol. The van der Waals surface area contributed by atoms with Crippen molar-refractivity contribution in [1.82, 2.24) is 10.1 Å². The number of amides is 1. The van der Waals surface area contributed by atoms with Crippen LogP contribution in [0.5, 0.6) is 0 Å². The zero-order chi connectivity index (χ0) is 27.0. The largest absolute Gasteiger partial charge is 0.471 e. The van der Waals surface area contributed by atoms with Crippen molar-refractivity contribution in [1.29, 1.82) is 0 Å². The van der Waals surface area contributed by atoms with Gasteiger partial charge < -0.3 is 9.42 Å². The van der Waals surface area contributed by atoms with Crippen LogP contribution in [0.3, 0.4) is 0 Å². The van der Waals surface area contributed by atoms with Gasteiger partial charge >= 0.3 is 18.2 Å². The van der Waals surface area contributed by atoms with Gasteiger partial charge in [-0.25, -0.2) is 4.39 Å². The summed E-state index contributed by atoms with van der Waals surface area (Å²) in [5.74, 6) is -3.70. The van der Waals surface area contributed by atoms with E-state index in [1.165, 1.54) is 18.2 Å². The third kappa shape index (κ3) is 6.17. The lowest BCUT2D eigenvalue weighted by molar-refractivity contribution is -0.159. The molecule has 14 heteroatoms. The van der Waals surface area contributed by atoms with Crippen LogP contribution in [0.25, 0.3) is 11.4 Å². The molecule has 4 rings (SSSR count). The first kappa shape index (κ1) is 26.8. The number of halogens is 7. The Morgan fingerprint density at radius 2 is 1.73 bits per heavy atom. The van der Waals surface area contributed by atoms with Gasteiger partial charge in [-0.3, -0.25) is 9.00 Å². The van der Waals surface area contributed by atoms with Crippen LogP contribution >= 0.6 is 0 Å². The third-order valence-electron chi connectivity index (χ3n) is 5.80. The highest BCUT2D eigenvalue weighted by Crippen LogP contribution is 2.34. The Kier molecular flexibility index (Phi) is 7.40. The molecule has 2 aromatic carbocycles. The molecule has 0 atom stereocenters. The molecule has 1 aliphatic rings.